The maximum Gasteiger partial charge on any atom is 0.131 e. The van der Waals surface area contributed by atoms with Crippen LogP contribution < -0.4 is 0 Å². The summed E-state index contributed by atoms with van der Waals surface area (Å²) in [5, 5.41) is 20.6. The topological polar surface area (TPSA) is 40.5 Å². The van der Waals surface area contributed by atoms with Crippen LogP contribution in [0, 0.1) is 5.82 Å². The first-order valence-corrected chi connectivity index (χ1v) is 13.5. The van der Waals surface area contributed by atoms with Crippen molar-refractivity contribution in [1.29, 1.82) is 0 Å². The molecule has 188 valence electrons. The standard InChI is InChI=1S/C32H41FO2/c1-3-5-7-9-11-13-27-21-24(16-19-31(27)34)25-15-18-29(30(33)23-25)26-17-20-32(35)28(22-26)14-12-10-8-6-4-2/h15-23,34-35H,3-14H2,1-2H3. The smallest absolute Gasteiger partial charge is 0.131 e. The molecule has 0 heterocycles. The second-order valence-electron chi connectivity index (χ2n) is 9.71. The minimum atomic E-state index is -0.281. The molecule has 3 aromatic rings. The Morgan fingerprint density at radius 1 is 0.543 bits per heavy atom. The van der Waals surface area contributed by atoms with Gasteiger partial charge in [-0.1, -0.05) is 89.5 Å². The average Bonchev–Trinajstić information content (AvgIpc) is 2.86. The van der Waals surface area contributed by atoms with E-state index in [1.165, 1.54) is 38.5 Å². The summed E-state index contributed by atoms with van der Waals surface area (Å²) in [7, 11) is 0. The van der Waals surface area contributed by atoms with Crippen molar-refractivity contribution in [3.8, 4) is 33.8 Å². The van der Waals surface area contributed by atoms with E-state index in [-0.39, 0.29) is 11.6 Å². The number of hydrogen-bond donors (Lipinski definition) is 2. The molecule has 0 fully saturated rings. The molecule has 35 heavy (non-hydrogen) atoms. The van der Waals surface area contributed by atoms with E-state index in [0.717, 1.165) is 66.3 Å². The number of unbranched alkanes of at least 4 members (excludes halogenated alkanes) is 8. The summed E-state index contributed by atoms with van der Waals surface area (Å²) < 4.78 is 15.2. The van der Waals surface area contributed by atoms with E-state index < -0.39 is 0 Å². The Labute approximate surface area is 210 Å². The fourth-order valence-corrected chi connectivity index (χ4v) is 4.69. The van der Waals surface area contributed by atoms with Gasteiger partial charge in [0.2, 0.25) is 0 Å². The monoisotopic (exact) mass is 476 g/mol. The Morgan fingerprint density at radius 3 is 1.54 bits per heavy atom. The van der Waals surface area contributed by atoms with Crippen molar-refractivity contribution < 1.29 is 14.6 Å². The second kappa shape index (κ2) is 13.9. The summed E-state index contributed by atoms with van der Waals surface area (Å²) in [6.07, 6.45) is 13.4. The maximum absolute atomic E-state index is 15.2. The van der Waals surface area contributed by atoms with Crippen LogP contribution in [0.2, 0.25) is 0 Å². The molecule has 0 aliphatic carbocycles. The van der Waals surface area contributed by atoms with Crippen LogP contribution in [0.25, 0.3) is 22.3 Å². The summed E-state index contributed by atoms with van der Waals surface area (Å²) in [6, 6.07) is 16.3. The van der Waals surface area contributed by atoms with Crippen molar-refractivity contribution in [2.75, 3.05) is 0 Å². The minimum Gasteiger partial charge on any atom is -0.508 e. The number of phenols is 2. The Hall–Kier alpha value is -2.81. The molecule has 2 nitrogen and oxygen atoms in total. The van der Waals surface area contributed by atoms with Gasteiger partial charge in [-0.2, -0.15) is 0 Å². The molecule has 0 saturated carbocycles. The van der Waals surface area contributed by atoms with Gasteiger partial charge in [-0.3, -0.25) is 0 Å². The van der Waals surface area contributed by atoms with E-state index in [2.05, 4.69) is 13.8 Å². The number of aromatic hydroxyl groups is 2. The van der Waals surface area contributed by atoms with Crippen LogP contribution in [0.3, 0.4) is 0 Å². The Kier molecular flexibility index (Phi) is 10.7. The van der Waals surface area contributed by atoms with Gasteiger partial charge >= 0.3 is 0 Å². The molecule has 0 spiro atoms. The third-order valence-corrected chi connectivity index (χ3v) is 6.87. The Bertz CT molecular complexity index is 1070. The van der Waals surface area contributed by atoms with Crippen molar-refractivity contribution in [2.45, 2.75) is 90.9 Å². The number of halogens is 1. The normalized spacial score (nSPS) is 11.2. The highest BCUT2D eigenvalue weighted by molar-refractivity contribution is 5.72. The summed E-state index contributed by atoms with van der Waals surface area (Å²) >= 11 is 0. The molecule has 0 radical (unpaired) electrons. The molecule has 0 saturated heterocycles. The highest BCUT2D eigenvalue weighted by atomic mass is 19.1. The van der Waals surface area contributed by atoms with Gasteiger partial charge in [-0.05, 0) is 83.8 Å². The molecule has 0 amide bonds. The summed E-state index contributed by atoms with van der Waals surface area (Å²) in [4.78, 5) is 0. The Morgan fingerprint density at radius 2 is 1.00 bits per heavy atom. The van der Waals surface area contributed by atoms with Gasteiger partial charge < -0.3 is 10.2 Å². The first kappa shape index (κ1) is 26.8. The third kappa shape index (κ3) is 7.85. The van der Waals surface area contributed by atoms with Crippen molar-refractivity contribution in [2.24, 2.45) is 0 Å². The van der Waals surface area contributed by atoms with Gasteiger partial charge in [-0.15, -0.1) is 0 Å². The lowest BCUT2D eigenvalue weighted by Gasteiger charge is -2.12. The number of hydrogen-bond acceptors (Lipinski definition) is 2. The summed E-state index contributed by atoms with van der Waals surface area (Å²) in [5.41, 5.74) is 4.84. The van der Waals surface area contributed by atoms with Gasteiger partial charge in [0.25, 0.3) is 0 Å². The molecular formula is C32H41FO2. The highest BCUT2D eigenvalue weighted by Gasteiger charge is 2.12. The van der Waals surface area contributed by atoms with Crippen LogP contribution in [-0.2, 0) is 12.8 Å². The van der Waals surface area contributed by atoms with E-state index in [1.54, 1.807) is 24.3 Å². The quantitative estimate of drug-likeness (QED) is 0.227. The fraction of sp³-hybridized carbons (Fsp3) is 0.438. The highest BCUT2D eigenvalue weighted by Crippen LogP contribution is 2.33. The van der Waals surface area contributed by atoms with Crippen molar-refractivity contribution in [1.82, 2.24) is 0 Å². The molecule has 2 N–H and O–H groups in total. The molecule has 3 rings (SSSR count). The van der Waals surface area contributed by atoms with Crippen LogP contribution in [0.15, 0.2) is 54.6 Å². The molecule has 0 unspecified atom stereocenters. The zero-order chi connectivity index (χ0) is 25.0. The van der Waals surface area contributed by atoms with Crippen LogP contribution >= 0.6 is 0 Å². The largest absolute Gasteiger partial charge is 0.508 e. The lowest BCUT2D eigenvalue weighted by Crippen LogP contribution is -1.92. The molecule has 0 aliphatic heterocycles. The molecule has 0 aliphatic rings. The zero-order valence-corrected chi connectivity index (χ0v) is 21.5. The van der Waals surface area contributed by atoms with Crippen LogP contribution in [0.4, 0.5) is 4.39 Å². The first-order chi connectivity index (χ1) is 17.0. The Balaban J connectivity index is 1.73. The molecule has 0 bridgehead atoms. The van der Waals surface area contributed by atoms with E-state index >= 15 is 4.39 Å². The molecular weight excluding hydrogens is 435 g/mol. The first-order valence-electron chi connectivity index (χ1n) is 13.5. The van der Waals surface area contributed by atoms with E-state index in [9.17, 15) is 10.2 Å². The molecule has 3 heteroatoms. The van der Waals surface area contributed by atoms with Crippen LogP contribution in [0.5, 0.6) is 11.5 Å². The average molecular weight is 477 g/mol. The van der Waals surface area contributed by atoms with Gasteiger partial charge in [0, 0.05) is 5.56 Å². The molecule has 3 aromatic carbocycles. The van der Waals surface area contributed by atoms with E-state index in [4.69, 9.17) is 0 Å². The zero-order valence-electron chi connectivity index (χ0n) is 21.5. The van der Waals surface area contributed by atoms with E-state index in [0.29, 0.717) is 11.3 Å². The molecule has 0 atom stereocenters. The lowest BCUT2D eigenvalue weighted by molar-refractivity contribution is 0.465. The van der Waals surface area contributed by atoms with Gasteiger partial charge in [0.15, 0.2) is 0 Å². The maximum atomic E-state index is 15.2. The van der Waals surface area contributed by atoms with Crippen molar-refractivity contribution in [3.63, 3.8) is 0 Å². The second-order valence-corrected chi connectivity index (χ2v) is 9.71. The van der Waals surface area contributed by atoms with Gasteiger partial charge in [0.05, 0.1) is 0 Å². The summed E-state index contributed by atoms with van der Waals surface area (Å²) in [5.74, 6) is 0.316. The van der Waals surface area contributed by atoms with E-state index in [1.807, 2.05) is 30.3 Å². The lowest BCUT2D eigenvalue weighted by atomic mass is 9.95. The number of phenolic OH excluding ortho intramolecular Hbond substituents is 2. The molecule has 0 aromatic heterocycles. The predicted octanol–water partition coefficient (Wildman–Crippen LogP) is 9.60. The fourth-order valence-electron chi connectivity index (χ4n) is 4.69. The number of benzene rings is 3. The van der Waals surface area contributed by atoms with Crippen LogP contribution in [-0.4, -0.2) is 10.2 Å². The minimum absolute atomic E-state index is 0.281. The van der Waals surface area contributed by atoms with Crippen LogP contribution in [0.1, 0.15) is 89.2 Å². The van der Waals surface area contributed by atoms with Crippen molar-refractivity contribution >= 4 is 0 Å². The third-order valence-electron chi connectivity index (χ3n) is 6.87. The SMILES string of the molecule is CCCCCCCc1cc(-c2ccc(-c3ccc(O)c(CCCCCCC)c3)c(F)c2)ccc1O. The number of aryl methyl sites for hydroxylation is 2. The summed E-state index contributed by atoms with van der Waals surface area (Å²) in [6.45, 7) is 4.40. The number of rotatable bonds is 14. The van der Waals surface area contributed by atoms with Gasteiger partial charge in [0.1, 0.15) is 17.3 Å². The van der Waals surface area contributed by atoms with Gasteiger partial charge in [-0.25, -0.2) is 4.39 Å². The predicted molar refractivity (Wildman–Crippen MR) is 146 cm³/mol. The van der Waals surface area contributed by atoms with Crippen molar-refractivity contribution in [3.05, 3.63) is 71.5 Å².